The lowest BCUT2D eigenvalue weighted by atomic mass is 10.0. The molecule has 0 spiro atoms. The summed E-state index contributed by atoms with van der Waals surface area (Å²) in [5.74, 6) is 0.744. The first-order valence-electron chi connectivity index (χ1n) is 12.1. The molecule has 0 heterocycles. The maximum Gasteiger partial charge on any atom is 0.257 e. The molecule has 0 aliphatic carbocycles. The maximum atomic E-state index is 11.9. The van der Waals surface area contributed by atoms with E-state index in [4.69, 9.17) is 4.74 Å². The van der Waals surface area contributed by atoms with Gasteiger partial charge in [0.15, 0.2) is 6.61 Å². The van der Waals surface area contributed by atoms with E-state index in [9.17, 15) is 4.79 Å². The molecule has 1 N–H and O–H groups in total. The number of amides is 1. The average molecular weight is 404 g/mol. The number of hydrogen-bond acceptors (Lipinski definition) is 2. The number of ether oxygens (including phenoxy) is 1. The average Bonchev–Trinajstić information content (AvgIpc) is 2.68. The van der Waals surface area contributed by atoms with Gasteiger partial charge in [0, 0.05) is 6.54 Å². The highest BCUT2D eigenvalue weighted by atomic mass is 16.5. The van der Waals surface area contributed by atoms with Gasteiger partial charge in [-0.1, -0.05) is 96.5 Å². The van der Waals surface area contributed by atoms with Gasteiger partial charge in [-0.05, 0) is 43.5 Å². The van der Waals surface area contributed by atoms with Gasteiger partial charge in [-0.2, -0.15) is 0 Å². The Bertz CT molecular complexity index is 521. The number of nitrogens with one attached hydrogen (secondary N) is 1. The number of carbonyl (C=O) groups excluding carboxylic acids is 1. The molecule has 0 aromatic heterocycles. The van der Waals surface area contributed by atoms with Gasteiger partial charge in [-0.25, -0.2) is 0 Å². The van der Waals surface area contributed by atoms with E-state index in [-0.39, 0.29) is 12.5 Å². The van der Waals surface area contributed by atoms with Crippen LogP contribution in [-0.4, -0.2) is 19.1 Å². The minimum atomic E-state index is -0.0288. The second kappa shape index (κ2) is 17.4. The van der Waals surface area contributed by atoms with Gasteiger partial charge in [0.2, 0.25) is 0 Å². The molecule has 0 aliphatic rings. The largest absolute Gasteiger partial charge is 0.484 e. The van der Waals surface area contributed by atoms with Crippen LogP contribution in [0.1, 0.15) is 108 Å². The van der Waals surface area contributed by atoms with E-state index in [0.717, 1.165) is 29.8 Å². The van der Waals surface area contributed by atoms with Crippen LogP contribution in [0.2, 0.25) is 0 Å². The summed E-state index contributed by atoms with van der Waals surface area (Å²) in [6.07, 6.45) is 18.9. The Morgan fingerprint density at radius 1 is 0.724 bits per heavy atom. The van der Waals surface area contributed by atoms with E-state index in [1.807, 2.05) is 26.0 Å². The fourth-order valence-corrected chi connectivity index (χ4v) is 3.76. The molecule has 1 aromatic rings. The molecule has 0 radical (unpaired) electrons. The predicted molar refractivity (Wildman–Crippen MR) is 125 cm³/mol. The molecule has 1 amide bonds. The third-order valence-electron chi connectivity index (χ3n) is 5.42. The first-order chi connectivity index (χ1) is 14.1. The Balaban J connectivity index is 1.85. The third-order valence-corrected chi connectivity index (χ3v) is 5.42. The number of aryl methyl sites for hydroxylation is 2. The number of unbranched alkanes of at least 4 members (excludes halogenated alkanes) is 13. The molecule has 0 bridgehead atoms. The van der Waals surface area contributed by atoms with Crippen LogP contribution in [0.25, 0.3) is 0 Å². The van der Waals surface area contributed by atoms with Crippen LogP contribution in [0.5, 0.6) is 5.75 Å². The first-order valence-corrected chi connectivity index (χ1v) is 12.1. The fraction of sp³-hybridized carbons (Fsp3) is 0.731. The van der Waals surface area contributed by atoms with Gasteiger partial charge < -0.3 is 10.1 Å². The van der Waals surface area contributed by atoms with Crippen LogP contribution in [-0.2, 0) is 4.79 Å². The standard InChI is InChI=1S/C26H45NO2/c1-4-5-6-7-8-9-10-11-12-13-14-15-16-17-18-27-26(28)22-29-25-20-23(2)19-24(3)21-25/h19-21H,4-18,22H2,1-3H3,(H,27,28). The molecular weight excluding hydrogens is 358 g/mol. The molecule has 0 saturated carbocycles. The van der Waals surface area contributed by atoms with Crippen molar-refractivity contribution < 1.29 is 9.53 Å². The van der Waals surface area contributed by atoms with Crippen molar-refractivity contribution >= 4 is 5.91 Å². The highest BCUT2D eigenvalue weighted by Gasteiger charge is 2.03. The molecule has 1 aromatic carbocycles. The van der Waals surface area contributed by atoms with Crippen molar-refractivity contribution in [2.45, 2.75) is 111 Å². The summed E-state index contributed by atoms with van der Waals surface area (Å²) in [5, 5.41) is 2.96. The lowest BCUT2D eigenvalue weighted by molar-refractivity contribution is -0.123. The van der Waals surface area contributed by atoms with Gasteiger partial charge >= 0.3 is 0 Å². The summed E-state index contributed by atoms with van der Waals surface area (Å²) < 4.78 is 5.59. The highest BCUT2D eigenvalue weighted by Crippen LogP contribution is 2.16. The summed E-state index contributed by atoms with van der Waals surface area (Å²) in [4.78, 5) is 11.9. The zero-order valence-corrected chi connectivity index (χ0v) is 19.4. The molecule has 3 nitrogen and oxygen atoms in total. The molecule has 0 atom stereocenters. The summed E-state index contributed by atoms with van der Waals surface area (Å²) in [7, 11) is 0. The van der Waals surface area contributed by atoms with Gasteiger partial charge in [0.05, 0.1) is 0 Å². The number of rotatable bonds is 18. The van der Waals surface area contributed by atoms with E-state index in [0.29, 0.717) is 0 Å². The monoisotopic (exact) mass is 403 g/mol. The lowest BCUT2D eigenvalue weighted by Gasteiger charge is -2.09. The van der Waals surface area contributed by atoms with Crippen LogP contribution in [0.3, 0.4) is 0 Å². The van der Waals surface area contributed by atoms with Crippen molar-refractivity contribution in [1.82, 2.24) is 5.32 Å². The highest BCUT2D eigenvalue weighted by molar-refractivity contribution is 5.77. The van der Waals surface area contributed by atoms with Crippen LogP contribution in [0, 0.1) is 13.8 Å². The van der Waals surface area contributed by atoms with E-state index < -0.39 is 0 Å². The number of benzene rings is 1. The molecular formula is C26H45NO2. The topological polar surface area (TPSA) is 38.3 Å². The Morgan fingerprint density at radius 2 is 1.17 bits per heavy atom. The van der Waals surface area contributed by atoms with Crippen LogP contribution in [0.15, 0.2) is 18.2 Å². The summed E-state index contributed by atoms with van der Waals surface area (Å²) in [6, 6.07) is 6.03. The van der Waals surface area contributed by atoms with Gasteiger partial charge in [0.25, 0.3) is 5.91 Å². The van der Waals surface area contributed by atoms with E-state index in [2.05, 4.69) is 18.3 Å². The Morgan fingerprint density at radius 3 is 1.66 bits per heavy atom. The van der Waals surface area contributed by atoms with Crippen molar-refractivity contribution in [3.63, 3.8) is 0 Å². The van der Waals surface area contributed by atoms with Crippen LogP contribution in [0.4, 0.5) is 0 Å². The Hall–Kier alpha value is -1.51. The van der Waals surface area contributed by atoms with Crippen molar-refractivity contribution in [2.24, 2.45) is 0 Å². The minimum absolute atomic E-state index is 0.0288. The van der Waals surface area contributed by atoms with E-state index in [1.54, 1.807) is 0 Å². The molecule has 0 saturated heterocycles. The smallest absolute Gasteiger partial charge is 0.257 e. The number of carbonyl (C=O) groups is 1. The molecule has 166 valence electrons. The van der Waals surface area contributed by atoms with Crippen molar-refractivity contribution in [3.8, 4) is 5.75 Å². The third kappa shape index (κ3) is 15.1. The maximum absolute atomic E-state index is 11.9. The first kappa shape index (κ1) is 25.5. The Labute approximate surface area is 180 Å². The molecule has 29 heavy (non-hydrogen) atoms. The minimum Gasteiger partial charge on any atom is -0.484 e. The zero-order valence-electron chi connectivity index (χ0n) is 19.4. The normalized spacial score (nSPS) is 10.9. The number of hydrogen-bond donors (Lipinski definition) is 1. The van der Waals surface area contributed by atoms with E-state index in [1.165, 1.54) is 83.5 Å². The zero-order chi connectivity index (χ0) is 21.2. The molecule has 0 aliphatic heterocycles. The van der Waals surface area contributed by atoms with Crippen LogP contribution < -0.4 is 10.1 Å². The molecule has 3 heteroatoms. The van der Waals surface area contributed by atoms with Gasteiger partial charge in [0.1, 0.15) is 5.75 Å². The summed E-state index contributed by atoms with van der Waals surface area (Å²) in [5.41, 5.74) is 2.31. The molecule has 0 unspecified atom stereocenters. The van der Waals surface area contributed by atoms with Gasteiger partial charge in [-0.15, -0.1) is 0 Å². The second-order valence-corrected chi connectivity index (χ2v) is 8.56. The van der Waals surface area contributed by atoms with Crippen LogP contribution >= 0.6 is 0 Å². The molecule has 0 fully saturated rings. The van der Waals surface area contributed by atoms with Crippen molar-refractivity contribution in [1.29, 1.82) is 0 Å². The SMILES string of the molecule is CCCCCCCCCCCCCCCCNC(=O)COc1cc(C)cc(C)c1. The fourth-order valence-electron chi connectivity index (χ4n) is 3.76. The summed E-state index contributed by atoms with van der Waals surface area (Å²) >= 11 is 0. The van der Waals surface area contributed by atoms with Crippen molar-refractivity contribution in [2.75, 3.05) is 13.2 Å². The van der Waals surface area contributed by atoms with Gasteiger partial charge in [-0.3, -0.25) is 4.79 Å². The Kier molecular flexibility index (Phi) is 15.3. The summed E-state index contributed by atoms with van der Waals surface area (Å²) in [6.45, 7) is 7.21. The quantitative estimate of drug-likeness (QED) is 0.261. The molecule has 1 rings (SSSR count). The van der Waals surface area contributed by atoms with Crippen molar-refractivity contribution in [3.05, 3.63) is 29.3 Å². The predicted octanol–water partition coefficient (Wildman–Crippen LogP) is 7.28. The second-order valence-electron chi connectivity index (χ2n) is 8.56. The van der Waals surface area contributed by atoms with E-state index >= 15 is 0 Å². The lowest BCUT2D eigenvalue weighted by Crippen LogP contribution is -2.29.